The molecule has 0 saturated heterocycles. The molecule has 2 saturated carbocycles. The minimum atomic E-state index is -0.760. The molecule has 10 nitrogen and oxygen atoms in total. The van der Waals surface area contributed by atoms with Crippen molar-refractivity contribution in [2.75, 3.05) is 36.4 Å². The summed E-state index contributed by atoms with van der Waals surface area (Å²) in [5.41, 5.74) is 2.99. The minimum absolute atomic E-state index is 0.00719. The number of nitrogens with one attached hydrogen (secondary N) is 2. The number of amides is 2. The summed E-state index contributed by atoms with van der Waals surface area (Å²) in [4.78, 5) is 31.4. The molecule has 2 aliphatic rings. The Morgan fingerprint density at radius 3 is 2.38 bits per heavy atom. The van der Waals surface area contributed by atoms with Crippen molar-refractivity contribution in [3.8, 4) is 11.1 Å². The summed E-state index contributed by atoms with van der Waals surface area (Å²) in [6.07, 6.45) is 13.2. The van der Waals surface area contributed by atoms with Gasteiger partial charge in [-0.05, 0) is 108 Å². The number of aromatic nitrogens is 5. The monoisotopic (exact) mass is 641 g/mol. The van der Waals surface area contributed by atoms with Gasteiger partial charge >= 0.3 is 0 Å². The van der Waals surface area contributed by atoms with Crippen LogP contribution in [0.5, 0.6) is 0 Å². The smallest absolute Gasteiger partial charge is 0.270 e. The lowest BCUT2D eigenvalue weighted by Gasteiger charge is -2.27. The van der Waals surface area contributed by atoms with E-state index in [0.717, 1.165) is 37.1 Å². The van der Waals surface area contributed by atoms with Gasteiger partial charge in [-0.15, -0.1) is 0 Å². The zero-order valence-corrected chi connectivity index (χ0v) is 28.4. The summed E-state index contributed by atoms with van der Waals surface area (Å²) >= 11 is 0. The Labute approximate surface area is 267 Å². The summed E-state index contributed by atoms with van der Waals surface area (Å²) in [5, 5.41) is 14.8. The summed E-state index contributed by atoms with van der Waals surface area (Å²) < 4.78 is 25.0. The van der Waals surface area contributed by atoms with Crippen molar-refractivity contribution in [3.05, 3.63) is 47.4 Å². The number of ether oxygens (including phenoxy) is 1. The second kappa shape index (κ2) is 13.6. The maximum atomic E-state index is 15.7. The number of rotatable bonds is 15. The average Bonchev–Trinajstić information content (AvgIpc) is 3.90. The standard InChI is InChI=1S/C33H48FN7O3S/c1-8-25-28(21(4)39-40(25)19-44-17-18-45(5,6)7)24-13-14-27(36-31(24)34)37-33(43)30(29(22-9-10-22)23-11-12-23)38-32(42)26-15-16-35-41(26)20(2)3/h13-16,20,22-23,29-30H,8-12,17-19H2,1-7H3,(H,38,42)(H,36,37,43). The molecule has 1 unspecified atom stereocenters. The number of pyridine rings is 1. The van der Waals surface area contributed by atoms with Crippen LogP contribution in [0.25, 0.3) is 11.1 Å². The maximum absolute atomic E-state index is 15.7. The third-order valence-electron chi connectivity index (χ3n) is 8.67. The van der Waals surface area contributed by atoms with Gasteiger partial charge in [0.15, 0.2) is 0 Å². The van der Waals surface area contributed by atoms with Crippen LogP contribution in [0.15, 0.2) is 24.4 Å². The molecule has 3 aromatic heterocycles. The van der Waals surface area contributed by atoms with Crippen molar-refractivity contribution in [2.24, 2.45) is 17.8 Å². The number of carbonyl (C=O) groups excluding carboxylic acids is 2. The number of carbonyl (C=O) groups is 2. The predicted octanol–water partition coefficient (Wildman–Crippen LogP) is 5.57. The first-order valence-electron chi connectivity index (χ1n) is 16.0. The van der Waals surface area contributed by atoms with E-state index in [1.54, 1.807) is 33.8 Å². The van der Waals surface area contributed by atoms with E-state index < -0.39 is 22.0 Å². The van der Waals surface area contributed by atoms with E-state index in [1.165, 1.54) is 0 Å². The first-order chi connectivity index (χ1) is 21.4. The molecule has 2 N–H and O–H groups in total. The van der Waals surface area contributed by atoms with Crippen molar-refractivity contribution in [3.63, 3.8) is 0 Å². The Balaban J connectivity index is 1.34. The molecule has 3 aromatic rings. The summed E-state index contributed by atoms with van der Waals surface area (Å²) in [5.74, 6) is 0.505. The molecule has 12 heteroatoms. The van der Waals surface area contributed by atoms with Crippen LogP contribution in [0, 0.1) is 30.6 Å². The molecule has 0 bridgehead atoms. The number of anilines is 1. The van der Waals surface area contributed by atoms with Gasteiger partial charge in [-0.3, -0.25) is 14.3 Å². The van der Waals surface area contributed by atoms with Gasteiger partial charge in [0.1, 0.15) is 24.3 Å². The fraction of sp³-hybridized carbons (Fsp3) is 0.606. The predicted molar refractivity (Wildman–Crippen MR) is 177 cm³/mol. The second-order valence-corrected chi connectivity index (χ2v) is 18.2. The Kier molecular flexibility index (Phi) is 10.0. The highest BCUT2D eigenvalue weighted by Crippen LogP contribution is 2.51. The molecule has 3 heterocycles. The van der Waals surface area contributed by atoms with Gasteiger partial charge in [0.25, 0.3) is 5.91 Å². The molecule has 5 rings (SSSR count). The molecular weight excluding hydrogens is 593 g/mol. The van der Waals surface area contributed by atoms with Crippen molar-refractivity contribution in [1.82, 2.24) is 29.9 Å². The van der Waals surface area contributed by atoms with Crippen LogP contribution < -0.4 is 10.6 Å². The van der Waals surface area contributed by atoms with Crippen molar-refractivity contribution in [1.29, 1.82) is 0 Å². The fourth-order valence-electron chi connectivity index (χ4n) is 6.15. The lowest BCUT2D eigenvalue weighted by Crippen LogP contribution is -2.50. The van der Waals surface area contributed by atoms with Crippen LogP contribution in [0.1, 0.15) is 74.4 Å². The molecule has 45 heavy (non-hydrogen) atoms. The number of aryl methyl sites for hydroxylation is 1. The molecule has 0 aromatic carbocycles. The topological polar surface area (TPSA) is 116 Å². The Hall–Kier alpha value is -3.25. The third-order valence-corrected chi connectivity index (χ3v) is 10.1. The van der Waals surface area contributed by atoms with Crippen LogP contribution in [-0.2, 0) is 22.7 Å². The van der Waals surface area contributed by atoms with Gasteiger partial charge in [-0.2, -0.15) is 14.6 Å². The third kappa shape index (κ3) is 7.95. The van der Waals surface area contributed by atoms with Gasteiger partial charge in [-0.1, -0.05) is 6.92 Å². The van der Waals surface area contributed by atoms with E-state index in [4.69, 9.17) is 4.74 Å². The maximum Gasteiger partial charge on any atom is 0.270 e. The van der Waals surface area contributed by atoms with Crippen molar-refractivity contribution < 1.29 is 18.7 Å². The fourth-order valence-corrected chi connectivity index (χ4v) is 6.77. The number of nitrogens with zero attached hydrogens (tertiary/aromatic N) is 5. The lowest BCUT2D eigenvalue weighted by atomic mass is 9.88. The zero-order valence-electron chi connectivity index (χ0n) is 27.6. The van der Waals surface area contributed by atoms with E-state index in [-0.39, 0.29) is 29.6 Å². The lowest BCUT2D eigenvalue weighted by molar-refractivity contribution is -0.119. The highest BCUT2D eigenvalue weighted by molar-refractivity contribution is 8.32. The summed E-state index contributed by atoms with van der Waals surface area (Å²) in [6, 6.07) is 4.16. The van der Waals surface area contributed by atoms with Crippen LogP contribution in [0.4, 0.5) is 10.2 Å². The Morgan fingerprint density at radius 1 is 1.11 bits per heavy atom. The van der Waals surface area contributed by atoms with Crippen LogP contribution in [-0.4, -0.2) is 73.5 Å². The number of hydrogen-bond acceptors (Lipinski definition) is 6. The Bertz CT molecular complexity index is 1510. The molecule has 0 radical (unpaired) electrons. The first kappa shape index (κ1) is 33.1. The molecule has 2 aliphatic carbocycles. The van der Waals surface area contributed by atoms with Gasteiger partial charge in [0.05, 0.1) is 12.3 Å². The second-order valence-electron chi connectivity index (χ2n) is 13.6. The molecule has 0 aliphatic heterocycles. The van der Waals surface area contributed by atoms with Gasteiger partial charge in [0, 0.05) is 34.8 Å². The first-order valence-corrected chi connectivity index (χ1v) is 19.0. The normalized spacial score (nSPS) is 16.3. The van der Waals surface area contributed by atoms with Gasteiger partial charge in [0.2, 0.25) is 11.9 Å². The highest BCUT2D eigenvalue weighted by atomic mass is 32.3. The minimum Gasteiger partial charge on any atom is -0.358 e. The van der Waals surface area contributed by atoms with E-state index in [0.29, 0.717) is 54.1 Å². The van der Waals surface area contributed by atoms with Gasteiger partial charge in [-0.25, -0.2) is 19.7 Å². The molecular formula is C33H48FN7O3S. The molecule has 246 valence electrons. The number of hydrogen-bond donors (Lipinski definition) is 2. The van der Waals surface area contributed by atoms with Gasteiger partial charge < -0.3 is 15.4 Å². The van der Waals surface area contributed by atoms with E-state index >= 15 is 4.39 Å². The van der Waals surface area contributed by atoms with Crippen molar-refractivity contribution in [2.45, 2.75) is 78.6 Å². The molecule has 2 fully saturated rings. The quantitative estimate of drug-likeness (QED) is 0.166. The van der Waals surface area contributed by atoms with Crippen LogP contribution in [0.3, 0.4) is 0 Å². The van der Waals surface area contributed by atoms with Crippen LogP contribution >= 0.6 is 10.0 Å². The molecule has 1 atom stereocenters. The van der Waals surface area contributed by atoms with E-state index in [2.05, 4.69) is 44.6 Å². The van der Waals surface area contributed by atoms with Crippen LogP contribution in [0.2, 0.25) is 0 Å². The molecule has 2 amide bonds. The summed E-state index contributed by atoms with van der Waals surface area (Å²) in [6.45, 7) is 8.71. The SMILES string of the molecule is CCc1c(-c2ccc(NC(=O)C(NC(=O)c3ccnn3C(C)C)C(C3CC3)C3CC3)nc2F)c(C)nn1COCCS(C)(C)C. The van der Waals surface area contributed by atoms with E-state index in [9.17, 15) is 9.59 Å². The average molecular weight is 642 g/mol. The zero-order chi connectivity index (χ0) is 32.5. The highest BCUT2D eigenvalue weighted by Gasteiger charge is 2.48. The summed E-state index contributed by atoms with van der Waals surface area (Å²) in [7, 11) is -0.660. The Morgan fingerprint density at radius 2 is 1.80 bits per heavy atom. The number of halogens is 1. The van der Waals surface area contributed by atoms with Crippen molar-refractivity contribution >= 4 is 27.7 Å². The molecule has 0 spiro atoms. The largest absolute Gasteiger partial charge is 0.358 e. The van der Waals surface area contributed by atoms with E-state index in [1.807, 2.05) is 27.7 Å².